The highest BCUT2D eigenvalue weighted by molar-refractivity contribution is 6.43. The van der Waals surface area contributed by atoms with Crippen molar-refractivity contribution in [1.29, 1.82) is 0 Å². The number of benzene rings is 2. The minimum atomic E-state index is -0.833. The van der Waals surface area contributed by atoms with E-state index >= 15 is 0 Å². The van der Waals surface area contributed by atoms with Gasteiger partial charge in [0.15, 0.2) is 0 Å². The Labute approximate surface area is 141 Å². The van der Waals surface area contributed by atoms with E-state index in [0.29, 0.717) is 10.0 Å². The zero-order valence-corrected chi connectivity index (χ0v) is 13.8. The number of hydrogen-bond donors (Lipinski definition) is 1. The zero-order valence-electron chi connectivity index (χ0n) is 12.3. The molecule has 0 heterocycles. The molecule has 0 amide bonds. The van der Waals surface area contributed by atoms with Crippen LogP contribution in [0.15, 0.2) is 73.8 Å². The van der Waals surface area contributed by atoms with Gasteiger partial charge in [-0.05, 0) is 11.6 Å². The lowest BCUT2D eigenvalue weighted by atomic mass is 10.1. The van der Waals surface area contributed by atoms with E-state index in [1.807, 2.05) is 42.5 Å². The van der Waals surface area contributed by atoms with Gasteiger partial charge < -0.3 is 5.11 Å². The first-order valence-corrected chi connectivity index (χ1v) is 7.12. The van der Waals surface area contributed by atoms with Gasteiger partial charge in [-0.25, -0.2) is 0 Å². The van der Waals surface area contributed by atoms with Crippen LogP contribution in [0.5, 0.6) is 0 Å². The molecule has 0 aliphatic carbocycles. The van der Waals surface area contributed by atoms with E-state index in [4.69, 9.17) is 33.1 Å². The number of hydrogen-bond acceptors (Lipinski definition) is 1. The molecular formula is C18H18Cl2O2. The summed E-state index contributed by atoms with van der Waals surface area (Å²) >= 11 is 12.0. The molecular weight excluding hydrogens is 319 g/mol. The van der Waals surface area contributed by atoms with E-state index in [1.165, 1.54) is 0 Å². The molecule has 0 saturated carbocycles. The summed E-state index contributed by atoms with van der Waals surface area (Å²) in [6.07, 6.45) is 3.28. The lowest BCUT2D eigenvalue weighted by Crippen LogP contribution is -1.79. The van der Waals surface area contributed by atoms with Gasteiger partial charge >= 0.3 is 0 Å². The van der Waals surface area contributed by atoms with Crippen molar-refractivity contribution in [2.24, 2.45) is 0 Å². The number of allylic oxidation sites excluding steroid dienone is 2. The monoisotopic (exact) mass is 336 g/mol. The molecule has 0 atom stereocenters. The number of carboxylic acid groups (broad SMARTS) is 1. The van der Waals surface area contributed by atoms with Crippen molar-refractivity contribution in [3.8, 4) is 11.1 Å². The summed E-state index contributed by atoms with van der Waals surface area (Å²) in [7, 11) is 0. The summed E-state index contributed by atoms with van der Waals surface area (Å²) in [5.41, 5.74) is 2.06. The van der Waals surface area contributed by atoms with Crippen LogP contribution in [0.1, 0.15) is 6.92 Å². The summed E-state index contributed by atoms with van der Waals surface area (Å²) < 4.78 is 0. The molecule has 2 rings (SSSR count). The largest absolute Gasteiger partial charge is 0.481 e. The van der Waals surface area contributed by atoms with Crippen molar-refractivity contribution in [3.63, 3.8) is 0 Å². The molecule has 0 aliphatic heterocycles. The SMILES string of the molecule is C=CC=C.CC(=O)O.Clc1cccc(-c2ccccc2)c1Cl. The molecule has 2 nitrogen and oxygen atoms in total. The first-order chi connectivity index (χ1) is 10.4. The fourth-order valence-corrected chi connectivity index (χ4v) is 1.75. The number of carbonyl (C=O) groups is 1. The smallest absolute Gasteiger partial charge is 0.300 e. The second-order valence-corrected chi connectivity index (χ2v) is 4.74. The van der Waals surface area contributed by atoms with Crippen molar-refractivity contribution < 1.29 is 9.90 Å². The molecule has 0 aliphatic rings. The standard InChI is InChI=1S/C12H8Cl2.C4H6.C2H4O2/c13-11-8-4-7-10(12(11)14)9-5-2-1-3-6-9;1-3-4-2;1-2(3)4/h1-8H;3-4H,1-2H2;1H3,(H,3,4). The van der Waals surface area contributed by atoms with E-state index < -0.39 is 5.97 Å². The van der Waals surface area contributed by atoms with Gasteiger partial charge in [0.2, 0.25) is 0 Å². The lowest BCUT2D eigenvalue weighted by molar-refractivity contribution is -0.134. The van der Waals surface area contributed by atoms with Gasteiger partial charge in [0.1, 0.15) is 0 Å². The van der Waals surface area contributed by atoms with Crippen molar-refractivity contribution >= 4 is 29.2 Å². The molecule has 0 aromatic heterocycles. The summed E-state index contributed by atoms with van der Waals surface area (Å²) in [5, 5.41) is 8.62. The van der Waals surface area contributed by atoms with Crippen LogP contribution < -0.4 is 0 Å². The van der Waals surface area contributed by atoms with Crippen LogP contribution in [0.25, 0.3) is 11.1 Å². The van der Waals surface area contributed by atoms with Crippen molar-refractivity contribution in [1.82, 2.24) is 0 Å². The maximum absolute atomic E-state index is 9.00. The normalized spacial score (nSPS) is 8.50. The van der Waals surface area contributed by atoms with Crippen LogP contribution >= 0.6 is 23.2 Å². The van der Waals surface area contributed by atoms with Crippen LogP contribution in [0, 0.1) is 0 Å². The van der Waals surface area contributed by atoms with Crippen LogP contribution in [0.4, 0.5) is 0 Å². The third-order valence-electron chi connectivity index (χ3n) is 2.20. The van der Waals surface area contributed by atoms with Crippen LogP contribution in [-0.2, 0) is 4.79 Å². The Balaban J connectivity index is 0.000000464. The fraction of sp³-hybridized carbons (Fsp3) is 0.0556. The molecule has 0 saturated heterocycles. The third kappa shape index (κ3) is 8.30. The minimum absolute atomic E-state index is 0.591. The average molecular weight is 337 g/mol. The third-order valence-corrected chi connectivity index (χ3v) is 3.02. The van der Waals surface area contributed by atoms with E-state index in [1.54, 1.807) is 18.2 Å². The van der Waals surface area contributed by atoms with Crippen LogP contribution in [0.2, 0.25) is 10.0 Å². The number of halogens is 2. The summed E-state index contributed by atoms with van der Waals surface area (Å²) in [6, 6.07) is 15.6. The molecule has 0 bridgehead atoms. The van der Waals surface area contributed by atoms with Crippen LogP contribution in [-0.4, -0.2) is 11.1 Å². The molecule has 22 heavy (non-hydrogen) atoms. The average Bonchev–Trinajstić information content (AvgIpc) is 2.50. The van der Waals surface area contributed by atoms with E-state index in [9.17, 15) is 0 Å². The van der Waals surface area contributed by atoms with E-state index in [-0.39, 0.29) is 0 Å². The molecule has 0 unspecified atom stereocenters. The lowest BCUT2D eigenvalue weighted by Gasteiger charge is -2.04. The second-order valence-electron chi connectivity index (χ2n) is 3.96. The van der Waals surface area contributed by atoms with Gasteiger partial charge in [0.25, 0.3) is 5.97 Å². The van der Waals surface area contributed by atoms with Crippen molar-refractivity contribution in [2.45, 2.75) is 6.92 Å². The summed E-state index contributed by atoms with van der Waals surface area (Å²) in [6.45, 7) is 7.81. The van der Waals surface area contributed by atoms with Gasteiger partial charge in [-0.2, -0.15) is 0 Å². The molecule has 0 radical (unpaired) electrons. The second kappa shape index (κ2) is 11.6. The Bertz CT molecular complexity index is 598. The molecule has 4 heteroatoms. The molecule has 0 spiro atoms. The highest BCUT2D eigenvalue weighted by Gasteiger charge is 2.05. The Hall–Kier alpha value is -2.03. The minimum Gasteiger partial charge on any atom is -0.481 e. The predicted octanol–water partition coefficient (Wildman–Crippen LogP) is 6.11. The highest BCUT2D eigenvalue weighted by Crippen LogP contribution is 2.32. The Kier molecular flexibility index (Phi) is 10.5. The quantitative estimate of drug-likeness (QED) is 0.671. The molecule has 2 aromatic rings. The topological polar surface area (TPSA) is 37.3 Å². The fourth-order valence-electron chi connectivity index (χ4n) is 1.34. The Morgan fingerprint density at radius 2 is 1.50 bits per heavy atom. The van der Waals surface area contributed by atoms with Gasteiger partial charge in [-0.3, -0.25) is 4.79 Å². The van der Waals surface area contributed by atoms with Crippen molar-refractivity contribution in [3.05, 3.63) is 83.9 Å². The van der Waals surface area contributed by atoms with Crippen LogP contribution in [0.3, 0.4) is 0 Å². The maximum atomic E-state index is 9.00. The zero-order chi connectivity index (χ0) is 17.0. The van der Waals surface area contributed by atoms with Crippen molar-refractivity contribution in [2.75, 3.05) is 0 Å². The van der Waals surface area contributed by atoms with E-state index in [2.05, 4.69) is 13.2 Å². The Morgan fingerprint density at radius 3 is 1.95 bits per heavy atom. The molecule has 116 valence electrons. The van der Waals surface area contributed by atoms with Gasteiger partial charge in [-0.15, -0.1) is 0 Å². The Morgan fingerprint density at radius 1 is 1.00 bits per heavy atom. The van der Waals surface area contributed by atoms with Gasteiger partial charge in [0, 0.05) is 12.5 Å². The molecule has 1 N–H and O–H groups in total. The molecule has 2 aromatic carbocycles. The number of rotatable bonds is 2. The van der Waals surface area contributed by atoms with Gasteiger partial charge in [-0.1, -0.05) is 91.0 Å². The number of aliphatic carboxylic acids is 1. The molecule has 0 fully saturated rings. The first-order valence-electron chi connectivity index (χ1n) is 6.36. The van der Waals surface area contributed by atoms with Gasteiger partial charge in [0.05, 0.1) is 10.0 Å². The highest BCUT2D eigenvalue weighted by atomic mass is 35.5. The first kappa shape index (κ1) is 20.0. The summed E-state index contributed by atoms with van der Waals surface area (Å²) in [4.78, 5) is 9.00. The summed E-state index contributed by atoms with van der Waals surface area (Å²) in [5.74, 6) is -0.833. The van der Waals surface area contributed by atoms with E-state index in [0.717, 1.165) is 18.1 Å². The number of carboxylic acids is 1. The predicted molar refractivity (Wildman–Crippen MR) is 95.6 cm³/mol. The maximum Gasteiger partial charge on any atom is 0.300 e.